The van der Waals surface area contributed by atoms with Crippen molar-refractivity contribution in [1.29, 1.82) is 0 Å². The lowest BCUT2D eigenvalue weighted by molar-refractivity contribution is 0.0697. The molecule has 0 saturated heterocycles. The lowest BCUT2D eigenvalue weighted by Gasteiger charge is -1.93. The van der Waals surface area contributed by atoms with Crippen LogP contribution in [0.5, 0.6) is 0 Å². The fourth-order valence-corrected chi connectivity index (χ4v) is 0.626. The standard InChI is InChI=1S/C7H7NO2.C2H4/c8-6-3-1-5(2-4-6)7(9)10;1-2/h1-4H,8H2,(H,9,10);1-2H2. The van der Waals surface area contributed by atoms with Gasteiger partial charge in [-0.2, -0.15) is 0 Å². The van der Waals surface area contributed by atoms with Crippen molar-refractivity contribution in [3.05, 3.63) is 43.0 Å². The number of benzene rings is 1. The lowest BCUT2D eigenvalue weighted by Crippen LogP contribution is -1.95. The average molecular weight is 165 g/mol. The molecule has 0 amide bonds. The van der Waals surface area contributed by atoms with Crippen LogP contribution in [0.2, 0.25) is 0 Å². The molecule has 3 N–H and O–H groups in total. The Morgan fingerprint density at radius 2 is 1.67 bits per heavy atom. The summed E-state index contributed by atoms with van der Waals surface area (Å²) in [6.45, 7) is 6.00. The van der Waals surface area contributed by atoms with Gasteiger partial charge in [-0.15, -0.1) is 13.2 Å². The Labute approximate surface area is 71.1 Å². The first-order valence-electron chi connectivity index (χ1n) is 3.29. The molecule has 0 heterocycles. The molecule has 0 aliphatic rings. The summed E-state index contributed by atoms with van der Waals surface area (Å²) in [6.07, 6.45) is 0. The quantitative estimate of drug-likeness (QED) is 0.492. The fraction of sp³-hybridized carbons (Fsp3) is 0. The molecular weight excluding hydrogens is 154 g/mol. The molecule has 12 heavy (non-hydrogen) atoms. The van der Waals surface area contributed by atoms with Gasteiger partial charge in [0.15, 0.2) is 0 Å². The molecular formula is C9H11NO2. The predicted molar refractivity (Wildman–Crippen MR) is 49.1 cm³/mol. The number of hydrogen-bond donors (Lipinski definition) is 2. The van der Waals surface area contributed by atoms with Crippen LogP contribution in [-0.4, -0.2) is 11.1 Å². The van der Waals surface area contributed by atoms with Crippen molar-refractivity contribution in [1.82, 2.24) is 0 Å². The summed E-state index contributed by atoms with van der Waals surface area (Å²) in [4.78, 5) is 10.3. The van der Waals surface area contributed by atoms with Crippen LogP contribution in [-0.2, 0) is 0 Å². The first-order chi connectivity index (χ1) is 5.70. The zero-order valence-corrected chi connectivity index (χ0v) is 6.66. The van der Waals surface area contributed by atoms with Gasteiger partial charge in [-0.1, -0.05) is 0 Å². The molecule has 0 spiro atoms. The maximum Gasteiger partial charge on any atom is 0.335 e. The molecule has 3 nitrogen and oxygen atoms in total. The molecule has 0 radical (unpaired) electrons. The van der Waals surface area contributed by atoms with Crippen molar-refractivity contribution >= 4 is 11.7 Å². The van der Waals surface area contributed by atoms with E-state index < -0.39 is 5.97 Å². The van der Waals surface area contributed by atoms with Gasteiger partial charge in [-0.3, -0.25) is 0 Å². The number of hydrogen-bond acceptors (Lipinski definition) is 2. The molecule has 0 bridgehead atoms. The third kappa shape index (κ3) is 2.88. The van der Waals surface area contributed by atoms with Crippen molar-refractivity contribution < 1.29 is 9.90 Å². The summed E-state index contributed by atoms with van der Waals surface area (Å²) < 4.78 is 0. The van der Waals surface area contributed by atoms with Crippen LogP contribution < -0.4 is 5.73 Å². The Hall–Kier alpha value is -1.77. The Morgan fingerprint density at radius 3 is 2.00 bits per heavy atom. The smallest absolute Gasteiger partial charge is 0.335 e. The van der Waals surface area contributed by atoms with E-state index in [2.05, 4.69) is 13.2 Å². The molecule has 0 fully saturated rings. The summed E-state index contributed by atoms with van der Waals surface area (Å²) in [5.41, 5.74) is 6.17. The Morgan fingerprint density at radius 1 is 1.25 bits per heavy atom. The fourth-order valence-electron chi connectivity index (χ4n) is 0.626. The number of carbonyl (C=O) groups is 1. The van der Waals surface area contributed by atoms with Gasteiger partial charge in [0.1, 0.15) is 0 Å². The second-order valence-corrected chi connectivity index (χ2v) is 1.93. The third-order valence-corrected chi connectivity index (χ3v) is 1.16. The highest BCUT2D eigenvalue weighted by Gasteiger charge is 1.98. The second-order valence-electron chi connectivity index (χ2n) is 1.93. The van der Waals surface area contributed by atoms with E-state index in [0.717, 1.165) is 0 Å². The highest BCUT2D eigenvalue weighted by atomic mass is 16.4. The van der Waals surface area contributed by atoms with Gasteiger partial charge in [0.25, 0.3) is 0 Å². The van der Waals surface area contributed by atoms with Crippen molar-refractivity contribution in [3.63, 3.8) is 0 Å². The van der Waals surface area contributed by atoms with Gasteiger partial charge >= 0.3 is 5.97 Å². The molecule has 0 atom stereocenters. The maximum absolute atomic E-state index is 10.3. The minimum atomic E-state index is -0.931. The van der Waals surface area contributed by atoms with E-state index in [9.17, 15) is 4.79 Å². The zero-order chi connectivity index (χ0) is 9.56. The average Bonchev–Trinajstić information content (AvgIpc) is 2.09. The van der Waals surface area contributed by atoms with Gasteiger partial charge in [0, 0.05) is 5.69 Å². The molecule has 0 aliphatic heterocycles. The Bertz CT molecular complexity index is 254. The van der Waals surface area contributed by atoms with E-state index in [4.69, 9.17) is 10.8 Å². The molecule has 64 valence electrons. The SMILES string of the molecule is C=C.Nc1ccc(C(=O)O)cc1. The number of carboxylic acids is 1. The van der Waals surface area contributed by atoms with Gasteiger partial charge in [0.2, 0.25) is 0 Å². The number of aromatic carboxylic acids is 1. The van der Waals surface area contributed by atoms with Crippen molar-refractivity contribution in [2.24, 2.45) is 0 Å². The number of rotatable bonds is 1. The van der Waals surface area contributed by atoms with Gasteiger partial charge in [0.05, 0.1) is 5.56 Å². The highest BCUT2D eigenvalue weighted by Crippen LogP contribution is 2.04. The minimum Gasteiger partial charge on any atom is -0.478 e. The maximum atomic E-state index is 10.3. The number of nitrogens with two attached hydrogens (primary N) is 1. The predicted octanol–water partition coefficient (Wildman–Crippen LogP) is 1.77. The lowest BCUT2D eigenvalue weighted by atomic mass is 10.2. The van der Waals surface area contributed by atoms with E-state index in [1.165, 1.54) is 12.1 Å². The van der Waals surface area contributed by atoms with Crippen LogP contribution in [0.4, 0.5) is 5.69 Å². The second kappa shape index (κ2) is 4.96. The number of carboxylic acid groups (broad SMARTS) is 1. The van der Waals surface area contributed by atoms with E-state index in [1.54, 1.807) is 12.1 Å². The largest absolute Gasteiger partial charge is 0.478 e. The van der Waals surface area contributed by atoms with Crippen LogP contribution in [0, 0.1) is 0 Å². The summed E-state index contributed by atoms with van der Waals surface area (Å²) >= 11 is 0. The normalized spacial score (nSPS) is 8.00. The molecule has 1 aromatic carbocycles. The summed E-state index contributed by atoms with van der Waals surface area (Å²) in [6, 6.07) is 6.06. The van der Waals surface area contributed by atoms with Gasteiger partial charge < -0.3 is 10.8 Å². The van der Waals surface area contributed by atoms with Crippen molar-refractivity contribution in [2.45, 2.75) is 0 Å². The third-order valence-electron chi connectivity index (χ3n) is 1.16. The Kier molecular flexibility index (Phi) is 4.23. The van der Waals surface area contributed by atoms with E-state index in [0.29, 0.717) is 5.69 Å². The van der Waals surface area contributed by atoms with Crippen LogP contribution in [0.3, 0.4) is 0 Å². The first kappa shape index (κ1) is 10.2. The monoisotopic (exact) mass is 165 g/mol. The Balaban J connectivity index is 0.000000561. The van der Waals surface area contributed by atoms with Crippen LogP contribution in [0.1, 0.15) is 10.4 Å². The van der Waals surface area contributed by atoms with Crippen LogP contribution >= 0.6 is 0 Å². The van der Waals surface area contributed by atoms with Crippen LogP contribution in [0.25, 0.3) is 0 Å². The first-order valence-corrected chi connectivity index (χ1v) is 3.29. The van der Waals surface area contributed by atoms with Crippen molar-refractivity contribution in [3.8, 4) is 0 Å². The van der Waals surface area contributed by atoms with Gasteiger partial charge in [-0.05, 0) is 24.3 Å². The minimum absolute atomic E-state index is 0.259. The molecule has 3 heteroatoms. The van der Waals surface area contributed by atoms with Gasteiger partial charge in [-0.25, -0.2) is 4.79 Å². The molecule has 1 aromatic rings. The summed E-state index contributed by atoms with van der Waals surface area (Å²) in [5.74, 6) is -0.931. The molecule has 0 aromatic heterocycles. The van der Waals surface area contributed by atoms with Crippen LogP contribution in [0.15, 0.2) is 37.4 Å². The van der Waals surface area contributed by atoms with E-state index >= 15 is 0 Å². The molecule has 1 rings (SSSR count). The molecule has 0 aliphatic carbocycles. The number of nitrogen functional groups attached to an aromatic ring is 1. The van der Waals surface area contributed by atoms with Crippen molar-refractivity contribution in [2.75, 3.05) is 5.73 Å². The molecule has 0 unspecified atom stereocenters. The zero-order valence-electron chi connectivity index (χ0n) is 6.66. The summed E-state index contributed by atoms with van der Waals surface area (Å²) in [7, 11) is 0. The molecule has 0 saturated carbocycles. The number of anilines is 1. The summed E-state index contributed by atoms with van der Waals surface area (Å²) in [5, 5.41) is 8.43. The van der Waals surface area contributed by atoms with E-state index in [-0.39, 0.29) is 5.56 Å². The van der Waals surface area contributed by atoms with E-state index in [1.807, 2.05) is 0 Å². The highest BCUT2D eigenvalue weighted by molar-refractivity contribution is 5.87. The topological polar surface area (TPSA) is 63.3 Å².